The van der Waals surface area contributed by atoms with Crippen molar-refractivity contribution in [2.24, 2.45) is 5.92 Å². The SMILES string of the molecule is CCc1ncnc(N2CCC(C(=O)N3CCc4ccccc43)CC2)c1F. The maximum atomic E-state index is 14.5. The van der Waals surface area contributed by atoms with E-state index in [2.05, 4.69) is 16.0 Å². The van der Waals surface area contributed by atoms with Crippen LogP contribution in [-0.2, 0) is 17.6 Å². The molecule has 0 unspecified atom stereocenters. The number of anilines is 2. The van der Waals surface area contributed by atoms with Crippen LogP contribution in [0.4, 0.5) is 15.9 Å². The number of benzene rings is 1. The van der Waals surface area contributed by atoms with E-state index in [1.807, 2.05) is 34.9 Å². The number of nitrogens with zero attached hydrogens (tertiary/aromatic N) is 4. The zero-order valence-electron chi connectivity index (χ0n) is 15.0. The van der Waals surface area contributed by atoms with Gasteiger partial charge in [0, 0.05) is 31.2 Å². The molecule has 2 aromatic rings. The third-order valence-corrected chi connectivity index (χ3v) is 5.48. The van der Waals surface area contributed by atoms with Crippen LogP contribution in [-0.4, -0.2) is 35.5 Å². The first-order valence-corrected chi connectivity index (χ1v) is 9.32. The highest BCUT2D eigenvalue weighted by molar-refractivity contribution is 5.97. The molecule has 6 heteroatoms. The molecule has 0 aliphatic carbocycles. The van der Waals surface area contributed by atoms with Gasteiger partial charge in [-0.25, -0.2) is 14.4 Å². The van der Waals surface area contributed by atoms with Gasteiger partial charge in [0.05, 0.1) is 5.69 Å². The largest absolute Gasteiger partial charge is 0.354 e. The van der Waals surface area contributed by atoms with Crippen LogP contribution in [0.15, 0.2) is 30.6 Å². The van der Waals surface area contributed by atoms with Crippen molar-refractivity contribution in [1.29, 1.82) is 0 Å². The number of halogens is 1. The van der Waals surface area contributed by atoms with E-state index in [0.29, 0.717) is 31.0 Å². The van der Waals surface area contributed by atoms with Crippen molar-refractivity contribution in [2.75, 3.05) is 29.4 Å². The Kier molecular flexibility index (Phi) is 4.57. The molecule has 1 aromatic carbocycles. The summed E-state index contributed by atoms with van der Waals surface area (Å²) in [6.07, 6.45) is 4.35. The van der Waals surface area contributed by atoms with Crippen LogP contribution >= 0.6 is 0 Å². The van der Waals surface area contributed by atoms with Crippen molar-refractivity contribution in [3.8, 4) is 0 Å². The summed E-state index contributed by atoms with van der Waals surface area (Å²) in [5.41, 5.74) is 2.74. The maximum Gasteiger partial charge on any atom is 0.230 e. The van der Waals surface area contributed by atoms with Crippen LogP contribution in [0.1, 0.15) is 31.0 Å². The highest BCUT2D eigenvalue weighted by Gasteiger charge is 2.33. The zero-order valence-corrected chi connectivity index (χ0v) is 15.0. The number of fused-ring (bicyclic) bond motifs is 1. The number of aryl methyl sites for hydroxylation is 1. The summed E-state index contributed by atoms with van der Waals surface area (Å²) in [4.78, 5) is 25.0. The number of rotatable bonds is 3. The molecule has 0 saturated carbocycles. The lowest BCUT2D eigenvalue weighted by atomic mass is 9.95. The number of carbonyl (C=O) groups excluding carboxylic acids is 1. The van der Waals surface area contributed by atoms with Gasteiger partial charge in [0.2, 0.25) is 5.91 Å². The summed E-state index contributed by atoms with van der Waals surface area (Å²) in [5, 5.41) is 0. The van der Waals surface area contributed by atoms with Crippen molar-refractivity contribution in [3.63, 3.8) is 0 Å². The van der Waals surface area contributed by atoms with Crippen molar-refractivity contribution >= 4 is 17.4 Å². The Labute approximate surface area is 152 Å². The van der Waals surface area contributed by atoms with Gasteiger partial charge in [-0.1, -0.05) is 25.1 Å². The first kappa shape index (κ1) is 16.9. The monoisotopic (exact) mass is 354 g/mol. The first-order valence-electron chi connectivity index (χ1n) is 9.32. The molecule has 0 N–H and O–H groups in total. The Balaban J connectivity index is 1.44. The van der Waals surface area contributed by atoms with E-state index in [4.69, 9.17) is 0 Å². The summed E-state index contributed by atoms with van der Waals surface area (Å²) < 4.78 is 14.5. The van der Waals surface area contributed by atoms with E-state index in [1.54, 1.807) is 0 Å². The molecule has 3 heterocycles. The van der Waals surface area contributed by atoms with Gasteiger partial charge < -0.3 is 9.80 Å². The van der Waals surface area contributed by atoms with Crippen molar-refractivity contribution < 1.29 is 9.18 Å². The Morgan fingerprint density at radius 3 is 2.73 bits per heavy atom. The van der Waals surface area contributed by atoms with E-state index in [-0.39, 0.29) is 17.6 Å². The normalized spacial score (nSPS) is 17.5. The lowest BCUT2D eigenvalue weighted by Crippen LogP contribution is -2.42. The van der Waals surface area contributed by atoms with Gasteiger partial charge >= 0.3 is 0 Å². The Hall–Kier alpha value is -2.50. The number of carbonyl (C=O) groups is 1. The number of piperidine rings is 1. The van der Waals surface area contributed by atoms with Gasteiger partial charge in [0.15, 0.2) is 11.6 Å². The lowest BCUT2D eigenvalue weighted by molar-refractivity contribution is -0.122. The second-order valence-corrected chi connectivity index (χ2v) is 6.94. The molecular weight excluding hydrogens is 331 g/mol. The molecule has 1 fully saturated rings. The average Bonchev–Trinajstić information content (AvgIpc) is 3.12. The maximum absolute atomic E-state index is 14.5. The topological polar surface area (TPSA) is 49.3 Å². The summed E-state index contributed by atoms with van der Waals surface area (Å²) in [6.45, 7) is 3.93. The van der Waals surface area contributed by atoms with Gasteiger partial charge in [-0.2, -0.15) is 0 Å². The Bertz CT molecular complexity index is 817. The average molecular weight is 354 g/mol. The second-order valence-electron chi connectivity index (χ2n) is 6.94. The third-order valence-electron chi connectivity index (χ3n) is 5.48. The molecule has 136 valence electrons. The Morgan fingerprint density at radius 2 is 1.96 bits per heavy atom. The summed E-state index contributed by atoms with van der Waals surface area (Å²) in [6, 6.07) is 8.12. The number of aromatic nitrogens is 2. The van der Waals surface area contributed by atoms with Crippen molar-refractivity contribution in [3.05, 3.63) is 47.7 Å². The fourth-order valence-corrected chi connectivity index (χ4v) is 3.99. The molecule has 5 nitrogen and oxygen atoms in total. The van der Waals surface area contributed by atoms with E-state index < -0.39 is 0 Å². The summed E-state index contributed by atoms with van der Waals surface area (Å²) in [5.74, 6) is 0.238. The molecular formula is C20H23FN4O. The highest BCUT2D eigenvalue weighted by Crippen LogP contribution is 2.32. The molecule has 0 spiro atoms. The quantitative estimate of drug-likeness (QED) is 0.850. The smallest absolute Gasteiger partial charge is 0.230 e. The minimum absolute atomic E-state index is 0.00653. The summed E-state index contributed by atoms with van der Waals surface area (Å²) in [7, 11) is 0. The fraction of sp³-hybridized carbons (Fsp3) is 0.450. The lowest BCUT2D eigenvalue weighted by Gasteiger charge is -2.34. The minimum atomic E-state index is -0.326. The predicted octanol–water partition coefficient (Wildman–Crippen LogP) is 2.98. The predicted molar refractivity (Wildman–Crippen MR) is 98.8 cm³/mol. The second kappa shape index (κ2) is 7.02. The van der Waals surface area contributed by atoms with Gasteiger partial charge in [-0.05, 0) is 37.3 Å². The van der Waals surface area contributed by atoms with Gasteiger partial charge in [0.1, 0.15) is 6.33 Å². The van der Waals surface area contributed by atoms with Crippen LogP contribution in [0.5, 0.6) is 0 Å². The van der Waals surface area contributed by atoms with Crippen LogP contribution in [0.2, 0.25) is 0 Å². The highest BCUT2D eigenvalue weighted by atomic mass is 19.1. The Morgan fingerprint density at radius 1 is 1.19 bits per heavy atom. The number of amides is 1. The molecule has 2 aliphatic heterocycles. The molecule has 26 heavy (non-hydrogen) atoms. The van der Waals surface area contributed by atoms with Crippen molar-refractivity contribution in [2.45, 2.75) is 32.6 Å². The van der Waals surface area contributed by atoms with Crippen LogP contribution in [0.25, 0.3) is 0 Å². The molecule has 1 saturated heterocycles. The molecule has 0 radical (unpaired) electrons. The molecule has 2 aliphatic rings. The fourth-order valence-electron chi connectivity index (χ4n) is 3.99. The zero-order chi connectivity index (χ0) is 18.1. The van der Waals surface area contributed by atoms with E-state index in [1.165, 1.54) is 11.9 Å². The number of hydrogen-bond donors (Lipinski definition) is 0. The number of para-hydroxylation sites is 1. The minimum Gasteiger partial charge on any atom is -0.354 e. The molecule has 1 aromatic heterocycles. The van der Waals surface area contributed by atoms with E-state index in [9.17, 15) is 9.18 Å². The van der Waals surface area contributed by atoms with Crippen LogP contribution < -0.4 is 9.80 Å². The van der Waals surface area contributed by atoms with Crippen LogP contribution in [0, 0.1) is 11.7 Å². The first-order chi connectivity index (χ1) is 12.7. The number of hydrogen-bond acceptors (Lipinski definition) is 4. The third kappa shape index (κ3) is 2.93. The molecule has 0 bridgehead atoms. The molecule has 1 amide bonds. The standard InChI is InChI=1S/C20H23FN4O/c1-2-16-18(21)19(23-13-22-16)24-10-7-15(8-11-24)20(26)25-12-9-14-5-3-4-6-17(14)25/h3-6,13,15H,2,7-12H2,1H3. The molecule has 0 atom stereocenters. The van der Waals surface area contributed by atoms with E-state index in [0.717, 1.165) is 31.5 Å². The summed E-state index contributed by atoms with van der Waals surface area (Å²) >= 11 is 0. The van der Waals surface area contributed by atoms with Crippen molar-refractivity contribution in [1.82, 2.24) is 9.97 Å². The van der Waals surface area contributed by atoms with Crippen LogP contribution in [0.3, 0.4) is 0 Å². The van der Waals surface area contributed by atoms with E-state index >= 15 is 0 Å². The van der Waals surface area contributed by atoms with Gasteiger partial charge in [-0.3, -0.25) is 4.79 Å². The molecule has 4 rings (SSSR count). The van der Waals surface area contributed by atoms with Gasteiger partial charge in [0.25, 0.3) is 0 Å². The van der Waals surface area contributed by atoms with Gasteiger partial charge in [-0.15, -0.1) is 0 Å².